The minimum absolute atomic E-state index is 0.0501. The van der Waals surface area contributed by atoms with Crippen molar-refractivity contribution in [3.8, 4) is 0 Å². The standard InChI is InChI=1S/C13H14O6/c1-9(14)18-12-8-16-11(19-12)7-17-13(15)10-5-3-2-4-6-10/h2-6,11-12H,7-8H2,1H3/t11-,12?/m1/s1. The zero-order chi connectivity index (χ0) is 13.7. The lowest BCUT2D eigenvalue weighted by Gasteiger charge is -2.11. The summed E-state index contributed by atoms with van der Waals surface area (Å²) >= 11 is 0. The summed E-state index contributed by atoms with van der Waals surface area (Å²) in [5.41, 5.74) is 0.456. The molecule has 1 aromatic carbocycles. The predicted molar refractivity (Wildman–Crippen MR) is 63.1 cm³/mol. The van der Waals surface area contributed by atoms with Crippen LogP contribution in [0.15, 0.2) is 30.3 Å². The summed E-state index contributed by atoms with van der Waals surface area (Å²) in [4.78, 5) is 22.4. The average molecular weight is 266 g/mol. The van der Waals surface area contributed by atoms with Crippen molar-refractivity contribution in [2.45, 2.75) is 19.5 Å². The molecule has 0 spiro atoms. The molecule has 0 bridgehead atoms. The summed E-state index contributed by atoms with van der Waals surface area (Å²) in [5, 5.41) is 0. The van der Waals surface area contributed by atoms with Crippen molar-refractivity contribution in [3.63, 3.8) is 0 Å². The van der Waals surface area contributed by atoms with Crippen LogP contribution in [0.2, 0.25) is 0 Å². The summed E-state index contributed by atoms with van der Waals surface area (Å²) in [6.07, 6.45) is -1.45. The highest BCUT2D eigenvalue weighted by atomic mass is 16.8. The van der Waals surface area contributed by atoms with Gasteiger partial charge in [0.05, 0.1) is 5.56 Å². The molecular weight excluding hydrogens is 252 g/mol. The first kappa shape index (κ1) is 13.5. The third kappa shape index (κ3) is 4.04. The van der Waals surface area contributed by atoms with E-state index in [-0.39, 0.29) is 13.2 Å². The highest BCUT2D eigenvalue weighted by Crippen LogP contribution is 2.14. The number of hydrogen-bond acceptors (Lipinski definition) is 6. The zero-order valence-electron chi connectivity index (χ0n) is 10.4. The van der Waals surface area contributed by atoms with E-state index >= 15 is 0 Å². The molecule has 1 aliphatic heterocycles. The average Bonchev–Trinajstić information content (AvgIpc) is 2.84. The summed E-state index contributed by atoms with van der Waals surface area (Å²) in [6.45, 7) is 1.37. The largest absolute Gasteiger partial charge is 0.457 e. The Morgan fingerprint density at radius 3 is 2.74 bits per heavy atom. The van der Waals surface area contributed by atoms with Gasteiger partial charge in [-0.15, -0.1) is 0 Å². The summed E-state index contributed by atoms with van der Waals surface area (Å²) < 4.78 is 20.2. The molecule has 102 valence electrons. The number of benzene rings is 1. The molecule has 0 N–H and O–H groups in total. The van der Waals surface area contributed by atoms with Gasteiger partial charge in [-0.2, -0.15) is 0 Å². The van der Waals surface area contributed by atoms with Crippen LogP contribution in [0.1, 0.15) is 17.3 Å². The second kappa shape index (κ2) is 6.31. The van der Waals surface area contributed by atoms with Crippen molar-refractivity contribution >= 4 is 11.9 Å². The fraction of sp³-hybridized carbons (Fsp3) is 0.385. The number of carbonyl (C=O) groups excluding carboxylic acids is 2. The molecule has 1 aliphatic rings. The van der Waals surface area contributed by atoms with Crippen LogP contribution in [0.25, 0.3) is 0 Å². The number of hydrogen-bond donors (Lipinski definition) is 0. The van der Waals surface area contributed by atoms with Crippen molar-refractivity contribution in [2.75, 3.05) is 13.2 Å². The molecule has 6 nitrogen and oxygen atoms in total. The van der Waals surface area contributed by atoms with Crippen LogP contribution in [0.4, 0.5) is 0 Å². The maximum Gasteiger partial charge on any atom is 0.338 e. The van der Waals surface area contributed by atoms with Crippen LogP contribution in [-0.4, -0.2) is 37.7 Å². The monoisotopic (exact) mass is 266 g/mol. The molecule has 2 atom stereocenters. The van der Waals surface area contributed by atoms with Crippen LogP contribution >= 0.6 is 0 Å². The molecule has 6 heteroatoms. The smallest absolute Gasteiger partial charge is 0.338 e. The second-order valence-electron chi connectivity index (χ2n) is 3.90. The molecule has 19 heavy (non-hydrogen) atoms. The van der Waals surface area contributed by atoms with Gasteiger partial charge in [0, 0.05) is 6.92 Å². The minimum atomic E-state index is -0.738. The summed E-state index contributed by atoms with van der Waals surface area (Å²) in [7, 11) is 0. The van der Waals surface area contributed by atoms with Gasteiger partial charge in [-0.1, -0.05) is 18.2 Å². The highest BCUT2D eigenvalue weighted by Gasteiger charge is 2.29. The van der Waals surface area contributed by atoms with Gasteiger partial charge >= 0.3 is 11.9 Å². The number of esters is 2. The molecule has 1 fully saturated rings. The quantitative estimate of drug-likeness (QED) is 0.760. The van der Waals surface area contributed by atoms with Crippen LogP contribution in [0.3, 0.4) is 0 Å². The van der Waals surface area contributed by atoms with Crippen molar-refractivity contribution < 1.29 is 28.5 Å². The van der Waals surface area contributed by atoms with Crippen LogP contribution < -0.4 is 0 Å². The van der Waals surface area contributed by atoms with E-state index < -0.39 is 24.5 Å². The molecule has 1 heterocycles. The Hall–Kier alpha value is -1.92. The van der Waals surface area contributed by atoms with E-state index in [0.29, 0.717) is 5.56 Å². The normalized spacial score (nSPS) is 21.9. The number of rotatable bonds is 4. The van der Waals surface area contributed by atoms with Gasteiger partial charge in [-0.25, -0.2) is 4.79 Å². The first-order valence-corrected chi connectivity index (χ1v) is 5.81. The Kier molecular flexibility index (Phi) is 4.48. The third-order valence-electron chi connectivity index (χ3n) is 2.38. The van der Waals surface area contributed by atoms with Gasteiger partial charge in [0.2, 0.25) is 6.29 Å². The topological polar surface area (TPSA) is 71.1 Å². The van der Waals surface area contributed by atoms with Gasteiger partial charge in [0.15, 0.2) is 6.29 Å². The van der Waals surface area contributed by atoms with E-state index in [2.05, 4.69) is 0 Å². The number of carbonyl (C=O) groups is 2. The fourth-order valence-electron chi connectivity index (χ4n) is 1.57. The van der Waals surface area contributed by atoms with E-state index in [1.165, 1.54) is 6.92 Å². The van der Waals surface area contributed by atoms with Crippen LogP contribution in [-0.2, 0) is 23.7 Å². The first-order valence-electron chi connectivity index (χ1n) is 5.81. The minimum Gasteiger partial charge on any atom is -0.457 e. The lowest BCUT2D eigenvalue weighted by atomic mass is 10.2. The predicted octanol–water partition coefficient (Wildman–Crippen LogP) is 1.11. The Morgan fingerprint density at radius 1 is 1.32 bits per heavy atom. The lowest BCUT2D eigenvalue weighted by molar-refractivity contribution is -0.177. The lowest BCUT2D eigenvalue weighted by Crippen LogP contribution is -2.22. The molecule has 0 aliphatic carbocycles. The van der Waals surface area contributed by atoms with Gasteiger partial charge in [0.1, 0.15) is 13.2 Å². The molecule has 0 radical (unpaired) electrons. The zero-order valence-corrected chi connectivity index (χ0v) is 10.4. The second-order valence-corrected chi connectivity index (χ2v) is 3.90. The Morgan fingerprint density at radius 2 is 2.05 bits per heavy atom. The Labute approximate surface area is 110 Å². The third-order valence-corrected chi connectivity index (χ3v) is 2.38. The summed E-state index contributed by atoms with van der Waals surface area (Å²) in [6, 6.07) is 8.61. The van der Waals surface area contributed by atoms with Crippen molar-refractivity contribution in [1.29, 1.82) is 0 Å². The van der Waals surface area contributed by atoms with E-state index in [1.807, 2.05) is 6.07 Å². The molecule has 1 unspecified atom stereocenters. The van der Waals surface area contributed by atoms with Crippen LogP contribution in [0.5, 0.6) is 0 Å². The SMILES string of the molecule is CC(=O)OC1CO[C@@H](COC(=O)c2ccccc2)O1. The molecule has 1 saturated heterocycles. The molecular formula is C13H14O6. The van der Waals surface area contributed by atoms with Gasteiger partial charge in [-0.3, -0.25) is 4.79 Å². The molecule has 1 aromatic rings. The Bertz CT molecular complexity index is 444. The van der Waals surface area contributed by atoms with Crippen molar-refractivity contribution in [3.05, 3.63) is 35.9 Å². The molecule has 0 aromatic heterocycles. The fourth-order valence-corrected chi connectivity index (χ4v) is 1.57. The number of ether oxygens (including phenoxy) is 4. The van der Waals surface area contributed by atoms with E-state index in [9.17, 15) is 9.59 Å². The van der Waals surface area contributed by atoms with E-state index in [4.69, 9.17) is 18.9 Å². The maximum atomic E-state index is 11.6. The van der Waals surface area contributed by atoms with Gasteiger partial charge < -0.3 is 18.9 Å². The van der Waals surface area contributed by atoms with E-state index in [1.54, 1.807) is 24.3 Å². The highest BCUT2D eigenvalue weighted by molar-refractivity contribution is 5.89. The summed E-state index contributed by atoms with van der Waals surface area (Å²) in [5.74, 6) is -0.903. The first-order chi connectivity index (χ1) is 9.15. The van der Waals surface area contributed by atoms with Gasteiger partial charge in [0.25, 0.3) is 0 Å². The van der Waals surface area contributed by atoms with E-state index in [0.717, 1.165) is 0 Å². The maximum absolute atomic E-state index is 11.6. The molecule has 0 amide bonds. The molecule has 0 saturated carbocycles. The van der Waals surface area contributed by atoms with Crippen molar-refractivity contribution in [1.82, 2.24) is 0 Å². The Balaban J connectivity index is 1.75. The van der Waals surface area contributed by atoms with Gasteiger partial charge in [-0.05, 0) is 12.1 Å². The van der Waals surface area contributed by atoms with Crippen molar-refractivity contribution in [2.24, 2.45) is 0 Å². The van der Waals surface area contributed by atoms with Crippen LogP contribution in [0, 0.1) is 0 Å². The molecule has 2 rings (SSSR count).